The highest BCUT2D eigenvalue weighted by molar-refractivity contribution is 8.00. The maximum absolute atomic E-state index is 11.7. The van der Waals surface area contributed by atoms with Crippen LogP contribution in [0.4, 0.5) is 0 Å². The van der Waals surface area contributed by atoms with Gasteiger partial charge >= 0.3 is 0 Å². The third-order valence-corrected chi connectivity index (χ3v) is 3.79. The molecule has 0 bridgehead atoms. The zero-order valence-electron chi connectivity index (χ0n) is 9.00. The molecule has 86 valence electrons. The minimum atomic E-state index is 0.181. The molecule has 1 aliphatic heterocycles. The van der Waals surface area contributed by atoms with Gasteiger partial charge in [-0.25, -0.2) is 0 Å². The molecule has 0 aromatic carbocycles. The SMILES string of the molecule is NCC1CN(Cc2ccccn2)C(=O)CS1. The first-order valence-electron chi connectivity index (χ1n) is 5.29. The molecular weight excluding hydrogens is 222 g/mol. The standard InChI is InChI=1S/C11H15N3OS/c12-5-10-7-14(11(15)8-16-10)6-9-3-1-2-4-13-9/h1-4,10H,5-8,12H2. The van der Waals surface area contributed by atoms with Crippen molar-refractivity contribution in [3.8, 4) is 0 Å². The number of rotatable bonds is 3. The van der Waals surface area contributed by atoms with Crippen LogP contribution in [0.15, 0.2) is 24.4 Å². The van der Waals surface area contributed by atoms with Gasteiger partial charge in [-0.3, -0.25) is 9.78 Å². The van der Waals surface area contributed by atoms with Gasteiger partial charge in [0.25, 0.3) is 0 Å². The number of hydrogen-bond acceptors (Lipinski definition) is 4. The normalized spacial score (nSPS) is 21.2. The number of amides is 1. The Kier molecular flexibility index (Phi) is 3.79. The highest BCUT2D eigenvalue weighted by Gasteiger charge is 2.25. The molecule has 2 N–H and O–H groups in total. The summed E-state index contributed by atoms with van der Waals surface area (Å²) in [6.45, 7) is 1.95. The average Bonchev–Trinajstić information content (AvgIpc) is 2.33. The van der Waals surface area contributed by atoms with E-state index < -0.39 is 0 Å². The second kappa shape index (κ2) is 5.32. The van der Waals surface area contributed by atoms with Gasteiger partial charge in [-0.15, -0.1) is 11.8 Å². The summed E-state index contributed by atoms with van der Waals surface area (Å²) in [5.74, 6) is 0.717. The van der Waals surface area contributed by atoms with Crippen LogP contribution in [-0.2, 0) is 11.3 Å². The quantitative estimate of drug-likeness (QED) is 0.831. The smallest absolute Gasteiger partial charge is 0.232 e. The van der Waals surface area contributed by atoms with Crippen molar-refractivity contribution in [2.45, 2.75) is 11.8 Å². The van der Waals surface area contributed by atoms with Crippen LogP contribution in [0.25, 0.3) is 0 Å². The molecule has 1 aliphatic rings. The Morgan fingerprint density at radius 2 is 2.44 bits per heavy atom. The summed E-state index contributed by atoms with van der Waals surface area (Å²) in [7, 11) is 0. The first-order valence-corrected chi connectivity index (χ1v) is 6.34. The van der Waals surface area contributed by atoms with Crippen LogP contribution in [-0.4, -0.2) is 39.9 Å². The molecule has 2 heterocycles. The number of carbonyl (C=O) groups excluding carboxylic acids is 1. The van der Waals surface area contributed by atoms with Crippen LogP contribution in [0.2, 0.25) is 0 Å². The topological polar surface area (TPSA) is 59.2 Å². The predicted molar refractivity (Wildman–Crippen MR) is 65.0 cm³/mol. The fourth-order valence-corrected chi connectivity index (χ4v) is 2.65. The molecule has 5 heteroatoms. The van der Waals surface area contributed by atoms with Crippen molar-refractivity contribution < 1.29 is 4.79 Å². The van der Waals surface area contributed by atoms with Gasteiger partial charge in [0.05, 0.1) is 18.0 Å². The molecule has 1 saturated heterocycles. The van der Waals surface area contributed by atoms with Crippen molar-refractivity contribution in [2.75, 3.05) is 18.8 Å². The van der Waals surface area contributed by atoms with Crippen molar-refractivity contribution in [1.82, 2.24) is 9.88 Å². The first kappa shape index (κ1) is 11.4. The summed E-state index contributed by atoms with van der Waals surface area (Å²) in [6, 6.07) is 5.75. The van der Waals surface area contributed by atoms with Crippen LogP contribution in [0.5, 0.6) is 0 Å². The van der Waals surface area contributed by atoms with Crippen LogP contribution >= 0.6 is 11.8 Å². The lowest BCUT2D eigenvalue weighted by Crippen LogP contribution is -2.44. The third-order valence-electron chi connectivity index (χ3n) is 2.56. The lowest BCUT2D eigenvalue weighted by Gasteiger charge is -2.31. The predicted octanol–water partition coefficient (Wildman–Crippen LogP) is 0.484. The molecule has 0 saturated carbocycles. The molecule has 0 radical (unpaired) electrons. The molecule has 2 rings (SSSR count). The van der Waals surface area contributed by atoms with E-state index in [4.69, 9.17) is 5.73 Å². The van der Waals surface area contributed by atoms with Crippen LogP contribution in [0.1, 0.15) is 5.69 Å². The highest BCUT2D eigenvalue weighted by atomic mass is 32.2. The van der Waals surface area contributed by atoms with E-state index in [0.29, 0.717) is 24.1 Å². The van der Waals surface area contributed by atoms with E-state index >= 15 is 0 Å². The largest absolute Gasteiger partial charge is 0.335 e. The van der Waals surface area contributed by atoms with Crippen molar-refractivity contribution in [3.63, 3.8) is 0 Å². The van der Waals surface area contributed by atoms with Crippen LogP contribution < -0.4 is 5.73 Å². The van der Waals surface area contributed by atoms with Gasteiger partial charge in [0.1, 0.15) is 0 Å². The Balaban J connectivity index is 2.00. The Bertz CT molecular complexity index is 358. The Morgan fingerprint density at radius 3 is 3.12 bits per heavy atom. The summed E-state index contributed by atoms with van der Waals surface area (Å²) in [5.41, 5.74) is 6.56. The number of nitrogens with two attached hydrogens (primary N) is 1. The van der Waals surface area contributed by atoms with E-state index in [0.717, 1.165) is 12.2 Å². The van der Waals surface area contributed by atoms with Gasteiger partial charge in [0.15, 0.2) is 0 Å². The maximum atomic E-state index is 11.7. The lowest BCUT2D eigenvalue weighted by molar-refractivity contribution is -0.129. The van der Waals surface area contributed by atoms with Gasteiger partial charge < -0.3 is 10.6 Å². The van der Waals surface area contributed by atoms with Crippen molar-refractivity contribution >= 4 is 17.7 Å². The van der Waals surface area contributed by atoms with Gasteiger partial charge in [-0.05, 0) is 12.1 Å². The van der Waals surface area contributed by atoms with Crippen LogP contribution in [0, 0.1) is 0 Å². The van der Waals surface area contributed by atoms with Crippen molar-refractivity contribution in [3.05, 3.63) is 30.1 Å². The van der Waals surface area contributed by atoms with E-state index in [2.05, 4.69) is 4.98 Å². The molecule has 1 amide bonds. The number of aromatic nitrogens is 1. The molecule has 1 aromatic rings. The zero-order valence-corrected chi connectivity index (χ0v) is 9.82. The van der Waals surface area contributed by atoms with Crippen LogP contribution in [0.3, 0.4) is 0 Å². The minimum absolute atomic E-state index is 0.181. The summed E-state index contributed by atoms with van der Waals surface area (Å²) in [6.07, 6.45) is 1.75. The Hall–Kier alpha value is -1.07. The molecule has 0 aliphatic carbocycles. The molecule has 16 heavy (non-hydrogen) atoms. The van der Waals surface area contributed by atoms with E-state index in [-0.39, 0.29) is 5.91 Å². The lowest BCUT2D eigenvalue weighted by atomic mass is 10.3. The number of hydrogen-bond donors (Lipinski definition) is 1. The fraction of sp³-hybridized carbons (Fsp3) is 0.455. The molecule has 1 aromatic heterocycles. The van der Waals surface area contributed by atoms with Gasteiger partial charge in [0, 0.05) is 24.5 Å². The maximum Gasteiger partial charge on any atom is 0.232 e. The second-order valence-corrected chi connectivity index (χ2v) is 5.05. The summed E-state index contributed by atoms with van der Waals surface area (Å²) < 4.78 is 0. The second-order valence-electron chi connectivity index (χ2n) is 3.76. The summed E-state index contributed by atoms with van der Waals surface area (Å²) in [5, 5.41) is 0.362. The summed E-state index contributed by atoms with van der Waals surface area (Å²) in [4.78, 5) is 17.8. The van der Waals surface area contributed by atoms with E-state index in [1.54, 1.807) is 18.0 Å². The molecule has 4 nitrogen and oxygen atoms in total. The number of thioether (sulfide) groups is 1. The molecule has 0 spiro atoms. The minimum Gasteiger partial charge on any atom is -0.335 e. The molecular formula is C11H15N3OS. The monoisotopic (exact) mass is 237 g/mol. The molecule has 1 atom stereocenters. The number of carbonyl (C=O) groups is 1. The van der Waals surface area contributed by atoms with Gasteiger partial charge in [-0.2, -0.15) is 0 Å². The third kappa shape index (κ3) is 2.74. The Morgan fingerprint density at radius 1 is 1.56 bits per heavy atom. The number of nitrogens with zero attached hydrogens (tertiary/aromatic N) is 2. The highest BCUT2D eigenvalue weighted by Crippen LogP contribution is 2.19. The Labute approximate surface area is 99.2 Å². The van der Waals surface area contributed by atoms with Gasteiger partial charge in [-0.1, -0.05) is 6.07 Å². The van der Waals surface area contributed by atoms with E-state index in [1.807, 2.05) is 23.1 Å². The van der Waals surface area contributed by atoms with Crippen molar-refractivity contribution in [2.24, 2.45) is 5.73 Å². The summed E-state index contributed by atoms with van der Waals surface area (Å²) >= 11 is 1.65. The first-order chi connectivity index (χ1) is 7.79. The van der Waals surface area contributed by atoms with Gasteiger partial charge in [0.2, 0.25) is 5.91 Å². The van der Waals surface area contributed by atoms with Crippen molar-refractivity contribution in [1.29, 1.82) is 0 Å². The molecule has 1 unspecified atom stereocenters. The van der Waals surface area contributed by atoms with E-state index in [9.17, 15) is 4.79 Å². The average molecular weight is 237 g/mol. The zero-order chi connectivity index (χ0) is 11.4. The fourth-order valence-electron chi connectivity index (χ4n) is 1.66. The number of pyridine rings is 1. The molecule has 1 fully saturated rings. The van der Waals surface area contributed by atoms with E-state index in [1.165, 1.54) is 0 Å².